The molecule has 0 saturated carbocycles. The number of rotatable bonds is 19. The molecule has 0 aliphatic carbocycles. The van der Waals surface area contributed by atoms with Crippen LogP contribution in [0.5, 0.6) is 0 Å². The summed E-state index contributed by atoms with van der Waals surface area (Å²) in [5, 5.41) is 0. The van der Waals surface area contributed by atoms with Crippen LogP contribution in [-0.2, 0) is 4.74 Å². The summed E-state index contributed by atoms with van der Waals surface area (Å²) < 4.78 is 5.41. The number of ether oxygens (including phenoxy) is 1. The standard InChI is InChI=1S/C24H48N2O2/c1-4-5-6-7-8-9-10-11-12-13-14-15-16-17-18-19-20-26-22-23(21-25(2)3)28-24(26)27/h23H,4-22H2,1-3H3. The highest BCUT2D eigenvalue weighted by Crippen LogP contribution is 2.15. The van der Waals surface area contributed by atoms with Crippen molar-refractivity contribution in [3.05, 3.63) is 0 Å². The van der Waals surface area contributed by atoms with Gasteiger partial charge in [0.05, 0.1) is 6.54 Å². The summed E-state index contributed by atoms with van der Waals surface area (Å²) in [6.45, 7) is 4.73. The van der Waals surface area contributed by atoms with Gasteiger partial charge in [0, 0.05) is 13.1 Å². The minimum absolute atomic E-state index is 0.0450. The molecule has 0 radical (unpaired) electrons. The Morgan fingerprint density at radius 1 is 0.786 bits per heavy atom. The largest absolute Gasteiger partial charge is 0.443 e. The molecular weight excluding hydrogens is 348 g/mol. The Bertz CT molecular complexity index is 374. The summed E-state index contributed by atoms with van der Waals surface area (Å²) in [4.78, 5) is 15.8. The number of cyclic esters (lactones) is 1. The number of carbonyl (C=O) groups excluding carboxylic acids is 1. The van der Waals surface area contributed by atoms with E-state index in [2.05, 4.69) is 11.8 Å². The van der Waals surface area contributed by atoms with Gasteiger partial charge in [0.25, 0.3) is 0 Å². The fourth-order valence-electron chi connectivity index (χ4n) is 4.11. The molecule has 1 fully saturated rings. The van der Waals surface area contributed by atoms with Crippen molar-refractivity contribution >= 4 is 6.09 Å². The van der Waals surface area contributed by atoms with E-state index in [0.29, 0.717) is 0 Å². The van der Waals surface area contributed by atoms with Gasteiger partial charge >= 0.3 is 6.09 Å². The van der Waals surface area contributed by atoms with Gasteiger partial charge in [-0.3, -0.25) is 0 Å². The monoisotopic (exact) mass is 396 g/mol. The lowest BCUT2D eigenvalue weighted by molar-refractivity contribution is 0.118. The smallest absolute Gasteiger partial charge is 0.410 e. The van der Waals surface area contributed by atoms with Crippen molar-refractivity contribution in [2.24, 2.45) is 0 Å². The highest BCUT2D eigenvalue weighted by molar-refractivity contribution is 5.69. The van der Waals surface area contributed by atoms with Crippen LogP contribution in [0.25, 0.3) is 0 Å². The lowest BCUT2D eigenvalue weighted by Gasteiger charge is -2.14. The normalized spacial score (nSPS) is 16.9. The molecule has 166 valence electrons. The molecule has 28 heavy (non-hydrogen) atoms. The second kappa shape index (κ2) is 17.1. The molecule has 1 rings (SSSR count). The Kier molecular flexibility index (Phi) is 15.4. The Morgan fingerprint density at radius 2 is 1.21 bits per heavy atom. The number of unbranched alkanes of at least 4 members (excludes halogenated alkanes) is 15. The van der Waals surface area contributed by atoms with Gasteiger partial charge in [-0.15, -0.1) is 0 Å². The first-order valence-electron chi connectivity index (χ1n) is 12.2. The third-order valence-corrected chi connectivity index (χ3v) is 5.80. The summed E-state index contributed by atoms with van der Waals surface area (Å²) >= 11 is 0. The third kappa shape index (κ3) is 13.4. The van der Waals surface area contributed by atoms with Crippen LogP contribution in [-0.4, -0.2) is 55.7 Å². The summed E-state index contributed by atoms with van der Waals surface area (Å²) in [5.74, 6) is 0. The highest BCUT2D eigenvalue weighted by atomic mass is 16.6. The second-order valence-electron chi connectivity index (χ2n) is 9.02. The van der Waals surface area contributed by atoms with Gasteiger partial charge in [-0.2, -0.15) is 0 Å². The van der Waals surface area contributed by atoms with Crippen molar-refractivity contribution in [3.8, 4) is 0 Å². The molecule has 1 aliphatic heterocycles. The molecule has 0 aromatic carbocycles. The first-order chi connectivity index (χ1) is 13.6. The van der Waals surface area contributed by atoms with Crippen molar-refractivity contribution < 1.29 is 9.53 Å². The number of carbonyl (C=O) groups is 1. The fraction of sp³-hybridized carbons (Fsp3) is 0.958. The van der Waals surface area contributed by atoms with E-state index < -0.39 is 0 Å². The topological polar surface area (TPSA) is 32.8 Å². The van der Waals surface area contributed by atoms with Gasteiger partial charge in [0.15, 0.2) is 0 Å². The van der Waals surface area contributed by atoms with Crippen molar-refractivity contribution in [2.45, 2.75) is 116 Å². The van der Waals surface area contributed by atoms with Crippen LogP contribution >= 0.6 is 0 Å². The van der Waals surface area contributed by atoms with E-state index in [9.17, 15) is 4.79 Å². The molecule has 4 nitrogen and oxygen atoms in total. The molecule has 1 heterocycles. The molecule has 0 aromatic heterocycles. The zero-order chi connectivity index (χ0) is 20.5. The van der Waals surface area contributed by atoms with Gasteiger partial charge in [-0.05, 0) is 20.5 Å². The quantitative estimate of drug-likeness (QED) is 0.230. The molecule has 4 heteroatoms. The van der Waals surface area contributed by atoms with E-state index in [4.69, 9.17) is 4.74 Å². The molecule has 0 spiro atoms. The summed E-state index contributed by atoms with van der Waals surface area (Å²) in [6, 6.07) is 0. The van der Waals surface area contributed by atoms with Crippen LogP contribution in [0.15, 0.2) is 0 Å². The minimum atomic E-state index is -0.118. The average Bonchev–Trinajstić information content (AvgIpc) is 2.99. The average molecular weight is 397 g/mol. The highest BCUT2D eigenvalue weighted by Gasteiger charge is 2.30. The van der Waals surface area contributed by atoms with E-state index in [1.807, 2.05) is 19.0 Å². The predicted octanol–water partition coefficient (Wildman–Crippen LogP) is 6.63. The van der Waals surface area contributed by atoms with Crippen molar-refractivity contribution in [2.75, 3.05) is 33.7 Å². The number of hydrogen-bond acceptors (Lipinski definition) is 3. The van der Waals surface area contributed by atoms with E-state index in [1.54, 1.807) is 0 Å². The maximum Gasteiger partial charge on any atom is 0.410 e. The summed E-state index contributed by atoms with van der Waals surface area (Å²) in [7, 11) is 4.04. The van der Waals surface area contributed by atoms with E-state index >= 15 is 0 Å². The molecule has 1 aliphatic rings. The van der Waals surface area contributed by atoms with Gasteiger partial charge in [-0.1, -0.05) is 103 Å². The molecule has 0 N–H and O–H groups in total. The SMILES string of the molecule is CCCCCCCCCCCCCCCCCCN1CC(CN(C)C)OC1=O. The lowest BCUT2D eigenvalue weighted by atomic mass is 10.0. The molecule has 0 aromatic rings. The van der Waals surface area contributed by atoms with Crippen molar-refractivity contribution in [1.29, 1.82) is 0 Å². The third-order valence-electron chi connectivity index (χ3n) is 5.80. The van der Waals surface area contributed by atoms with Crippen LogP contribution in [0.3, 0.4) is 0 Å². The van der Waals surface area contributed by atoms with Crippen LogP contribution in [0.4, 0.5) is 4.79 Å². The number of likely N-dealkylation sites (N-methyl/N-ethyl adjacent to an activating group) is 1. The van der Waals surface area contributed by atoms with Crippen molar-refractivity contribution in [1.82, 2.24) is 9.80 Å². The van der Waals surface area contributed by atoms with Gasteiger partial charge < -0.3 is 14.5 Å². The van der Waals surface area contributed by atoms with E-state index in [0.717, 1.165) is 26.1 Å². The predicted molar refractivity (Wildman–Crippen MR) is 120 cm³/mol. The first kappa shape index (κ1) is 25.3. The van der Waals surface area contributed by atoms with Gasteiger partial charge in [0.2, 0.25) is 0 Å². The van der Waals surface area contributed by atoms with Crippen LogP contribution in [0.2, 0.25) is 0 Å². The Morgan fingerprint density at radius 3 is 1.64 bits per heavy atom. The first-order valence-corrected chi connectivity index (χ1v) is 12.2. The molecule has 1 amide bonds. The van der Waals surface area contributed by atoms with Crippen LogP contribution < -0.4 is 0 Å². The molecule has 1 unspecified atom stereocenters. The molecular formula is C24H48N2O2. The number of hydrogen-bond donors (Lipinski definition) is 0. The van der Waals surface area contributed by atoms with Crippen LogP contribution in [0.1, 0.15) is 110 Å². The Balaban J connectivity index is 1.79. The molecule has 0 bridgehead atoms. The number of amides is 1. The number of nitrogens with zero attached hydrogens (tertiary/aromatic N) is 2. The minimum Gasteiger partial charge on any atom is -0.443 e. The summed E-state index contributed by atoms with van der Waals surface area (Å²) in [6.07, 6.45) is 22.0. The molecule has 1 atom stereocenters. The second-order valence-corrected chi connectivity index (χ2v) is 9.02. The lowest BCUT2D eigenvalue weighted by Crippen LogP contribution is -2.30. The molecule has 1 saturated heterocycles. The Hall–Kier alpha value is -0.770. The Labute approximate surface area is 175 Å². The maximum atomic E-state index is 11.8. The van der Waals surface area contributed by atoms with E-state index in [1.165, 1.54) is 96.3 Å². The van der Waals surface area contributed by atoms with Gasteiger partial charge in [-0.25, -0.2) is 4.79 Å². The van der Waals surface area contributed by atoms with Crippen LogP contribution in [0, 0.1) is 0 Å². The fourth-order valence-corrected chi connectivity index (χ4v) is 4.11. The summed E-state index contributed by atoms with van der Waals surface area (Å²) in [5.41, 5.74) is 0. The maximum absolute atomic E-state index is 11.8. The van der Waals surface area contributed by atoms with Gasteiger partial charge in [0.1, 0.15) is 6.10 Å². The zero-order valence-electron chi connectivity index (χ0n) is 19.2. The van der Waals surface area contributed by atoms with Crippen molar-refractivity contribution in [3.63, 3.8) is 0 Å². The zero-order valence-corrected chi connectivity index (χ0v) is 19.2. The van der Waals surface area contributed by atoms with E-state index in [-0.39, 0.29) is 12.2 Å².